The maximum Gasteiger partial charge on any atom is -0.0261 e. The van der Waals surface area contributed by atoms with Crippen LogP contribution >= 0.6 is 0 Å². The maximum absolute atomic E-state index is 2.67. The average Bonchev–Trinajstić information content (AvgIpc) is 2.28. The van der Waals surface area contributed by atoms with Gasteiger partial charge in [0.25, 0.3) is 0 Å². The third-order valence-electron chi connectivity index (χ3n) is 6.86. The Kier molecular flexibility index (Phi) is 2.84. The van der Waals surface area contributed by atoms with Crippen molar-refractivity contribution in [3.8, 4) is 0 Å². The SMILES string of the molecule is CC1(C)CCC[C@]2(C)C1CCC1CCCC[C@H]12. The van der Waals surface area contributed by atoms with Crippen LogP contribution in [0.15, 0.2) is 0 Å². The highest BCUT2D eigenvalue weighted by molar-refractivity contribution is 5.04. The molecule has 0 nitrogen and oxygen atoms in total. The zero-order valence-electron chi connectivity index (χ0n) is 12.1. The van der Waals surface area contributed by atoms with Crippen LogP contribution in [0.5, 0.6) is 0 Å². The molecule has 0 spiro atoms. The molecule has 0 aromatic carbocycles. The fourth-order valence-electron chi connectivity index (χ4n) is 6.13. The van der Waals surface area contributed by atoms with Crippen molar-refractivity contribution in [1.82, 2.24) is 0 Å². The maximum atomic E-state index is 2.67. The predicted molar refractivity (Wildman–Crippen MR) is 73.9 cm³/mol. The van der Waals surface area contributed by atoms with E-state index in [1.165, 1.54) is 38.5 Å². The van der Waals surface area contributed by atoms with Crippen LogP contribution in [0.3, 0.4) is 0 Å². The summed E-state index contributed by atoms with van der Waals surface area (Å²) in [6.07, 6.45) is 13.7. The Hall–Kier alpha value is 0. The third kappa shape index (κ3) is 1.78. The number of rotatable bonds is 0. The fourth-order valence-corrected chi connectivity index (χ4v) is 6.13. The lowest BCUT2D eigenvalue weighted by Gasteiger charge is -2.60. The van der Waals surface area contributed by atoms with Gasteiger partial charge in [0.05, 0.1) is 0 Å². The fraction of sp³-hybridized carbons (Fsp3) is 1.00. The van der Waals surface area contributed by atoms with E-state index in [1.54, 1.807) is 19.3 Å². The molecular weight excluding hydrogens is 204 g/mol. The molecule has 3 aliphatic rings. The van der Waals surface area contributed by atoms with Crippen molar-refractivity contribution in [1.29, 1.82) is 0 Å². The molecule has 2 unspecified atom stereocenters. The molecule has 0 bridgehead atoms. The second kappa shape index (κ2) is 4.00. The van der Waals surface area contributed by atoms with Crippen molar-refractivity contribution >= 4 is 0 Å². The lowest BCUT2D eigenvalue weighted by Crippen LogP contribution is -2.52. The highest BCUT2D eigenvalue weighted by Gasteiger charge is 2.54. The molecule has 3 rings (SSSR count). The van der Waals surface area contributed by atoms with Gasteiger partial charge in [0, 0.05) is 0 Å². The first kappa shape index (κ1) is 12.1. The van der Waals surface area contributed by atoms with E-state index >= 15 is 0 Å². The van der Waals surface area contributed by atoms with E-state index in [0.29, 0.717) is 10.8 Å². The Morgan fingerprint density at radius 2 is 1.53 bits per heavy atom. The first-order chi connectivity index (χ1) is 8.04. The molecule has 0 aliphatic heterocycles. The molecule has 0 N–H and O–H groups in total. The van der Waals surface area contributed by atoms with Crippen molar-refractivity contribution in [2.75, 3.05) is 0 Å². The molecule has 3 fully saturated rings. The summed E-state index contributed by atoms with van der Waals surface area (Å²) in [5.74, 6) is 3.19. The number of fused-ring (bicyclic) bond motifs is 3. The molecule has 98 valence electrons. The predicted octanol–water partition coefficient (Wildman–Crippen LogP) is 5.42. The van der Waals surface area contributed by atoms with Gasteiger partial charge < -0.3 is 0 Å². The van der Waals surface area contributed by atoms with E-state index in [1.807, 2.05) is 0 Å². The van der Waals surface area contributed by atoms with Crippen molar-refractivity contribution in [3.63, 3.8) is 0 Å². The van der Waals surface area contributed by atoms with Crippen LogP contribution in [0.4, 0.5) is 0 Å². The normalized spacial score (nSPS) is 49.2. The van der Waals surface area contributed by atoms with Gasteiger partial charge in [0.15, 0.2) is 0 Å². The molecule has 0 aromatic heterocycles. The smallest absolute Gasteiger partial charge is 0.0261 e. The molecular formula is C17H30. The van der Waals surface area contributed by atoms with Crippen molar-refractivity contribution in [2.24, 2.45) is 28.6 Å². The van der Waals surface area contributed by atoms with Crippen LogP contribution in [0.25, 0.3) is 0 Å². The van der Waals surface area contributed by atoms with Gasteiger partial charge in [-0.15, -0.1) is 0 Å². The minimum atomic E-state index is 0.620. The second-order valence-electron chi connectivity index (χ2n) is 8.13. The third-order valence-corrected chi connectivity index (χ3v) is 6.86. The summed E-state index contributed by atoms with van der Waals surface area (Å²) in [7, 11) is 0. The van der Waals surface area contributed by atoms with Gasteiger partial charge in [0.1, 0.15) is 0 Å². The van der Waals surface area contributed by atoms with Gasteiger partial charge in [-0.05, 0) is 60.7 Å². The van der Waals surface area contributed by atoms with Crippen LogP contribution in [0.1, 0.15) is 78.6 Å². The lowest BCUT2D eigenvalue weighted by atomic mass is 9.45. The van der Waals surface area contributed by atoms with E-state index in [9.17, 15) is 0 Å². The van der Waals surface area contributed by atoms with Gasteiger partial charge >= 0.3 is 0 Å². The quantitative estimate of drug-likeness (QED) is 0.525. The molecule has 17 heavy (non-hydrogen) atoms. The summed E-state index contributed by atoms with van der Waals surface area (Å²) < 4.78 is 0. The van der Waals surface area contributed by atoms with Crippen molar-refractivity contribution in [2.45, 2.75) is 78.6 Å². The Morgan fingerprint density at radius 1 is 0.765 bits per heavy atom. The van der Waals surface area contributed by atoms with Gasteiger partial charge in [-0.2, -0.15) is 0 Å². The molecule has 0 heteroatoms. The summed E-state index contributed by atoms with van der Waals surface area (Å²) in [6, 6.07) is 0. The molecule has 0 heterocycles. The molecule has 4 atom stereocenters. The van der Waals surface area contributed by atoms with Crippen molar-refractivity contribution in [3.05, 3.63) is 0 Å². The monoisotopic (exact) mass is 234 g/mol. The molecule has 0 amide bonds. The van der Waals surface area contributed by atoms with Crippen LogP contribution in [-0.4, -0.2) is 0 Å². The zero-order chi connectivity index (χ0) is 12.1. The molecule has 3 saturated carbocycles. The molecule has 0 aromatic rings. The van der Waals surface area contributed by atoms with E-state index in [-0.39, 0.29) is 0 Å². The van der Waals surface area contributed by atoms with Crippen LogP contribution in [-0.2, 0) is 0 Å². The molecule has 0 saturated heterocycles. The molecule has 3 aliphatic carbocycles. The van der Waals surface area contributed by atoms with Gasteiger partial charge in [-0.1, -0.05) is 46.5 Å². The van der Waals surface area contributed by atoms with Crippen LogP contribution < -0.4 is 0 Å². The number of hydrogen-bond acceptors (Lipinski definition) is 0. The first-order valence-corrected chi connectivity index (χ1v) is 8.04. The largest absolute Gasteiger partial charge is 0.0596 e. The van der Waals surface area contributed by atoms with Gasteiger partial charge in [-0.3, -0.25) is 0 Å². The lowest BCUT2D eigenvalue weighted by molar-refractivity contribution is -0.108. The Balaban J connectivity index is 1.90. The first-order valence-electron chi connectivity index (χ1n) is 8.04. The zero-order valence-corrected chi connectivity index (χ0v) is 12.1. The standard InChI is InChI=1S/C17H30/c1-16(2)11-6-12-17(3)14-8-5-4-7-13(14)9-10-15(16)17/h13-15H,4-12H2,1-3H3/t13?,14-,15?,17+/m1/s1. The summed E-state index contributed by atoms with van der Waals surface area (Å²) in [5.41, 5.74) is 1.32. The summed E-state index contributed by atoms with van der Waals surface area (Å²) in [4.78, 5) is 0. The highest BCUT2D eigenvalue weighted by atomic mass is 14.6. The summed E-state index contributed by atoms with van der Waals surface area (Å²) >= 11 is 0. The van der Waals surface area contributed by atoms with Crippen LogP contribution in [0, 0.1) is 28.6 Å². The Morgan fingerprint density at radius 3 is 2.35 bits per heavy atom. The van der Waals surface area contributed by atoms with Crippen LogP contribution in [0.2, 0.25) is 0 Å². The summed E-state index contributed by atoms with van der Waals surface area (Å²) in [6.45, 7) is 7.77. The Labute approximate surface area is 108 Å². The topological polar surface area (TPSA) is 0 Å². The van der Waals surface area contributed by atoms with E-state index < -0.39 is 0 Å². The number of hydrogen-bond donors (Lipinski definition) is 0. The van der Waals surface area contributed by atoms with Crippen molar-refractivity contribution < 1.29 is 0 Å². The van der Waals surface area contributed by atoms with Gasteiger partial charge in [0.2, 0.25) is 0 Å². The minimum Gasteiger partial charge on any atom is -0.0596 e. The van der Waals surface area contributed by atoms with Gasteiger partial charge in [-0.25, -0.2) is 0 Å². The minimum absolute atomic E-state index is 0.620. The van der Waals surface area contributed by atoms with E-state index in [0.717, 1.165) is 17.8 Å². The van der Waals surface area contributed by atoms with E-state index in [4.69, 9.17) is 0 Å². The highest BCUT2D eigenvalue weighted by Crippen LogP contribution is 2.63. The molecule has 0 radical (unpaired) electrons. The second-order valence-corrected chi connectivity index (χ2v) is 8.13. The summed E-state index contributed by atoms with van der Waals surface area (Å²) in [5, 5.41) is 0. The average molecular weight is 234 g/mol. The Bertz CT molecular complexity index is 290. The van der Waals surface area contributed by atoms with E-state index in [2.05, 4.69) is 20.8 Å².